The van der Waals surface area contributed by atoms with Gasteiger partial charge in [-0.15, -0.1) is 0 Å². The van der Waals surface area contributed by atoms with Crippen LogP contribution in [0.2, 0.25) is 0 Å². The number of amides is 2. The van der Waals surface area contributed by atoms with Crippen LogP contribution in [-0.2, 0) is 29.3 Å². The van der Waals surface area contributed by atoms with Gasteiger partial charge >= 0.3 is 0 Å². The van der Waals surface area contributed by atoms with Crippen LogP contribution in [0.3, 0.4) is 0 Å². The zero-order valence-corrected chi connectivity index (χ0v) is 21.7. The van der Waals surface area contributed by atoms with Crippen molar-refractivity contribution >= 4 is 17.8 Å². The molecule has 3 aliphatic rings. The third-order valence-corrected chi connectivity index (χ3v) is 7.74. The summed E-state index contributed by atoms with van der Waals surface area (Å²) in [5, 5.41) is 13.3. The second-order valence-corrected chi connectivity index (χ2v) is 10.3. The number of aliphatic hydroxyl groups excluding tert-OH is 1. The molecule has 2 unspecified atom stereocenters. The van der Waals surface area contributed by atoms with Gasteiger partial charge in [-0.25, -0.2) is 9.97 Å². The number of imide groups is 1. The monoisotopic (exact) mass is 528 g/mol. The molecule has 4 heterocycles. The molecule has 10 nitrogen and oxygen atoms in total. The number of carbonyl (C=O) groups is 2. The first-order valence-corrected chi connectivity index (χ1v) is 13.4. The lowest BCUT2D eigenvalue weighted by Crippen LogP contribution is -2.51. The first-order chi connectivity index (χ1) is 19.0. The van der Waals surface area contributed by atoms with Crippen LogP contribution in [0.15, 0.2) is 60.9 Å². The zero-order valence-electron chi connectivity index (χ0n) is 21.7. The molecule has 3 aliphatic heterocycles. The van der Waals surface area contributed by atoms with Crippen LogP contribution in [0.5, 0.6) is 5.75 Å². The first-order valence-electron chi connectivity index (χ1n) is 13.4. The Labute approximate surface area is 227 Å². The van der Waals surface area contributed by atoms with Crippen molar-refractivity contribution in [3.63, 3.8) is 0 Å². The van der Waals surface area contributed by atoms with Gasteiger partial charge in [0.1, 0.15) is 18.6 Å². The number of carbonyl (C=O) groups excluding carboxylic acids is 2. The van der Waals surface area contributed by atoms with Crippen molar-refractivity contribution in [2.24, 2.45) is 0 Å². The lowest BCUT2D eigenvalue weighted by molar-refractivity contribution is -0.141. The minimum atomic E-state index is -0.908. The Bertz CT molecular complexity index is 1330. The van der Waals surface area contributed by atoms with Gasteiger partial charge in [-0.3, -0.25) is 24.7 Å². The van der Waals surface area contributed by atoms with Crippen molar-refractivity contribution in [3.8, 4) is 5.75 Å². The van der Waals surface area contributed by atoms with Crippen LogP contribution < -0.4 is 15.0 Å². The van der Waals surface area contributed by atoms with E-state index in [2.05, 4.69) is 49.4 Å². The molecular weight excluding hydrogens is 496 g/mol. The molecule has 39 heavy (non-hydrogen) atoms. The standard InChI is InChI=1S/C29H32N6O4/c36-26-10-9-24(27(37)32-26)35-18-23-22(28(35)38)3-1-4-25(23)39-19-21-7-5-20(6-8-21)17-33-13-15-34(16-14-33)29-30-11-2-12-31-29/h1-8,11-12,24,28,38H,9-10,13-19H2,(H,32,36,37). The lowest BCUT2D eigenvalue weighted by atomic mass is 10.0. The van der Waals surface area contributed by atoms with E-state index in [-0.39, 0.29) is 18.2 Å². The summed E-state index contributed by atoms with van der Waals surface area (Å²) in [5.74, 6) is 0.875. The van der Waals surface area contributed by atoms with E-state index in [0.29, 0.717) is 25.3 Å². The van der Waals surface area contributed by atoms with Gasteiger partial charge in [-0.1, -0.05) is 36.4 Å². The Balaban J connectivity index is 1.03. The molecule has 2 amide bonds. The number of anilines is 1. The van der Waals surface area contributed by atoms with E-state index in [9.17, 15) is 14.7 Å². The molecule has 2 aromatic carbocycles. The molecule has 0 saturated carbocycles. The van der Waals surface area contributed by atoms with Crippen molar-refractivity contribution in [1.82, 2.24) is 25.1 Å². The number of piperidine rings is 1. The molecule has 202 valence electrons. The van der Waals surface area contributed by atoms with Crippen LogP contribution in [0.4, 0.5) is 5.95 Å². The summed E-state index contributed by atoms with van der Waals surface area (Å²) in [6.07, 6.45) is 3.33. The normalized spacial score (nSPS) is 22.0. The Morgan fingerprint density at radius 3 is 2.44 bits per heavy atom. The molecule has 2 atom stereocenters. The molecule has 2 N–H and O–H groups in total. The Kier molecular flexibility index (Phi) is 7.23. The fourth-order valence-corrected chi connectivity index (χ4v) is 5.58. The average molecular weight is 529 g/mol. The molecule has 0 spiro atoms. The van der Waals surface area contributed by atoms with E-state index < -0.39 is 12.3 Å². The highest BCUT2D eigenvalue weighted by atomic mass is 16.5. The summed E-state index contributed by atoms with van der Waals surface area (Å²) < 4.78 is 6.19. The third kappa shape index (κ3) is 5.49. The van der Waals surface area contributed by atoms with E-state index in [1.54, 1.807) is 17.3 Å². The molecule has 3 aromatic rings. The average Bonchev–Trinajstić information content (AvgIpc) is 3.30. The molecule has 6 rings (SSSR count). The topological polar surface area (TPSA) is 111 Å². The van der Waals surface area contributed by atoms with Crippen LogP contribution in [0.25, 0.3) is 0 Å². The maximum atomic E-state index is 12.4. The maximum Gasteiger partial charge on any atom is 0.244 e. The minimum Gasteiger partial charge on any atom is -0.489 e. The van der Waals surface area contributed by atoms with E-state index in [0.717, 1.165) is 55.4 Å². The van der Waals surface area contributed by atoms with Crippen LogP contribution >= 0.6 is 0 Å². The summed E-state index contributed by atoms with van der Waals surface area (Å²) >= 11 is 0. The highest BCUT2D eigenvalue weighted by Gasteiger charge is 2.40. The smallest absolute Gasteiger partial charge is 0.244 e. The van der Waals surface area contributed by atoms with Crippen molar-refractivity contribution in [1.29, 1.82) is 0 Å². The number of ether oxygens (including phenoxy) is 1. The van der Waals surface area contributed by atoms with Gasteiger partial charge in [-0.2, -0.15) is 0 Å². The number of aromatic nitrogens is 2. The second kappa shape index (κ2) is 11.1. The predicted molar refractivity (Wildman–Crippen MR) is 143 cm³/mol. The van der Waals surface area contributed by atoms with Gasteiger partial charge < -0.3 is 14.7 Å². The molecule has 0 aliphatic carbocycles. The van der Waals surface area contributed by atoms with Gasteiger partial charge in [0.25, 0.3) is 0 Å². The number of piperazine rings is 1. The third-order valence-electron chi connectivity index (χ3n) is 7.74. The molecule has 0 bridgehead atoms. The largest absolute Gasteiger partial charge is 0.489 e. The summed E-state index contributed by atoms with van der Waals surface area (Å²) in [5.41, 5.74) is 3.94. The number of hydrogen-bond donors (Lipinski definition) is 2. The highest BCUT2D eigenvalue weighted by molar-refractivity contribution is 6.00. The van der Waals surface area contributed by atoms with Gasteiger partial charge in [-0.05, 0) is 29.7 Å². The number of hydrogen-bond acceptors (Lipinski definition) is 9. The Morgan fingerprint density at radius 2 is 1.69 bits per heavy atom. The summed E-state index contributed by atoms with van der Waals surface area (Å²) in [7, 11) is 0. The van der Waals surface area contributed by atoms with Crippen LogP contribution in [-0.4, -0.2) is 68.9 Å². The Hall–Kier alpha value is -3.86. The molecule has 2 fully saturated rings. The van der Waals surface area contributed by atoms with Gasteiger partial charge in [0, 0.05) is 69.2 Å². The maximum absolute atomic E-state index is 12.4. The van der Waals surface area contributed by atoms with Crippen LogP contribution in [0, 0.1) is 0 Å². The van der Waals surface area contributed by atoms with Gasteiger partial charge in [0.2, 0.25) is 17.8 Å². The molecule has 0 radical (unpaired) electrons. The fraction of sp³-hybridized carbons (Fsp3) is 0.379. The number of fused-ring (bicyclic) bond motifs is 1. The van der Waals surface area contributed by atoms with E-state index >= 15 is 0 Å². The van der Waals surface area contributed by atoms with E-state index in [1.807, 2.05) is 24.3 Å². The van der Waals surface area contributed by atoms with Crippen molar-refractivity contribution < 1.29 is 19.4 Å². The number of rotatable bonds is 7. The van der Waals surface area contributed by atoms with Gasteiger partial charge in [0.05, 0.1) is 6.04 Å². The molecule has 10 heteroatoms. The fourth-order valence-electron chi connectivity index (χ4n) is 5.58. The van der Waals surface area contributed by atoms with Crippen LogP contribution in [0.1, 0.15) is 41.3 Å². The molecule has 2 saturated heterocycles. The predicted octanol–water partition coefficient (Wildman–Crippen LogP) is 1.99. The SMILES string of the molecule is O=C1CCC(N2Cc3c(OCc4ccc(CN5CCN(c6ncccn6)CC5)cc4)cccc3C2O)C(=O)N1. The summed E-state index contributed by atoms with van der Waals surface area (Å²) in [6.45, 7) is 5.43. The summed E-state index contributed by atoms with van der Waals surface area (Å²) in [4.78, 5) is 39.0. The number of aliphatic hydroxyl groups is 1. The molecular formula is C29H32N6O4. The van der Waals surface area contributed by atoms with Crippen molar-refractivity contribution in [3.05, 3.63) is 83.2 Å². The molecule has 1 aromatic heterocycles. The van der Waals surface area contributed by atoms with Crippen molar-refractivity contribution in [2.45, 2.75) is 44.8 Å². The number of nitrogens with zero attached hydrogens (tertiary/aromatic N) is 5. The highest BCUT2D eigenvalue weighted by Crippen LogP contribution is 2.39. The van der Waals surface area contributed by atoms with E-state index in [4.69, 9.17) is 4.74 Å². The van der Waals surface area contributed by atoms with E-state index in [1.165, 1.54) is 5.56 Å². The Morgan fingerprint density at radius 1 is 0.949 bits per heavy atom. The zero-order chi connectivity index (χ0) is 26.8. The first kappa shape index (κ1) is 25.4. The lowest BCUT2D eigenvalue weighted by Gasteiger charge is -2.34. The quantitative estimate of drug-likeness (QED) is 0.445. The summed E-state index contributed by atoms with van der Waals surface area (Å²) in [6, 6.07) is 15.4. The second-order valence-electron chi connectivity index (χ2n) is 10.3. The number of benzene rings is 2. The minimum absolute atomic E-state index is 0.266. The number of nitrogens with one attached hydrogen (secondary N) is 1. The van der Waals surface area contributed by atoms with Gasteiger partial charge in [0.15, 0.2) is 0 Å². The van der Waals surface area contributed by atoms with Crippen molar-refractivity contribution in [2.75, 3.05) is 31.1 Å².